The lowest BCUT2D eigenvalue weighted by Crippen LogP contribution is -2.07. The lowest BCUT2D eigenvalue weighted by Gasteiger charge is -2.18. The Hall–Kier alpha value is 0.810. The predicted molar refractivity (Wildman–Crippen MR) is 39.1 cm³/mol. The molecule has 50 valence electrons. The zero-order valence-corrected chi connectivity index (χ0v) is 7.52. The Bertz CT molecular complexity index is 120. The van der Waals surface area contributed by atoms with Crippen LogP contribution in [0.5, 0.6) is 0 Å². The first kappa shape index (κ1) is 8.81. The predicted octanol–water partition coefficient (Wildman–Crippen LogP) is 3.46. The van der Waals surface area contributed by atoms with Crippen LogP contribution in [-0.2, 0) is 4.57 Å². The number of halogens is 2. The van der Waals surface area contributed by atoms with Crippen LogP contribution in [0.4, 0.5) is 0 Å². The average Bonchev–Trinajstić information content (AvgIpc) is 1.25. The van der Waals surface area contributed by atoms with Gasteiger partial charge in [0.15, 0.2) is 0 Å². The molecule has 0 aromatic carbocycles. The van der Waals surface area contributed by atoms with E-state index in [4.69, 9.17) is 22.5 Å². The normalized spacial score (nSPS) is 14.1. The van der Waals surface area contributed by atoms with E-state index in [0.717, 1.165) is 0 Å². The van der Waals surface area contributed by atoms with Crippen LogP contribution >= 0.6 is 28.3 Å². The summed E-state index contributed by atoms with van der Waals surface area (Å²) in [5.41, 5.74) is 0. The Balaban J connectivity index is 4.26. The molecular weight excluding hydrogens is 166 g/mol. The summed E-state index contributed by atoms with van der Waals surface area (Å²) in [4.78, 5) is 0. The molecule has 0 saturated heterocycles. The molecule has 0 aliphatic rings. The highest BCUT2D eigenvalue weighted by Gasteiger charge is 2.31. The van der Waals surface area contributed by atoms with Gasteiger partial charge in [0.2, 0.25) is 0 Å². The molecule has 0 heterocycles. The Kier molecular flexibility index (Phi) is 2.43. The summed E-state index contributed by atoms with van der Waals surface area (Å²) in [6.45, 7) is 5.23. The fourth-order valence-corrected chi connectivity index (χ4v) is 0. The number of rotatable bonds is 0. The quantitative estimate of drug-likeness (QED) is 0.515. The molecule has 0 radical (unpaired) electrons. The van der Waals surface area contributed by atoms with E-state index in [-0.39, 0.29) is 0 Å². The Morgan fingerprint density at radius 2 is 1.38 bits per heavy atom. The Morgan fingerprint density at radius 3 is 1.38 bits per heavy atom. The molecule has 0 N–H and O–H groups in total. The lowest BCUT2D eigenvalue weighted by atomic mass is 10.3. The third kappa shape index (κ3) is 2.39. The molecule has 0 unspecified atom stereocenters. The van der Waals surface area contributed by atoms with Gasteiger partial charge in [-0.05, 0) is 22.5 Å². The van der Waals surface area contributed by atoms with Crippen LogP contribution in [0.2, 0.25) is 0 Å². The van der Waals surface area contributed by atoms with Gasteiger partial charge in [0.05, 0.1) is 0 Å². The first-order chi connectivity index (χ1) is 3.25. The number of hydrogen-bond acceptors (Lipinski definition) is 1. The van der Waals surface area contributed by atoms with Crippen molar-refractivity contribution in [3.8, 4) is 0 Å². The van der Waals surface area contributed by atoms with E-state index in [1.165, 1.54) is 0 Å². The van der Waals surface area contributed by atoms with Gasteiger partial charge in [-0.3, -0.25) is 4.57 Å². The molecule has 1 nitrogen and oxygen atoms in total. The van der Waals surface area contributed by atoms with Crippen LogP contribution in [0.3, 0.4) is 0 Å². The summed E-state index contributed by atoms with van der Waals surface area (Å²) < 4.78 is 10.8. The number of hydrogen-bond donors (Lipinski definition) is 0. The van der Waals surface area contributed by atoms with Crippen molar-refractivity contribution in [1.29, 1.82) is 0 Å². The highest BCUT2D eigenvalue weighted by molar-refractivity contribution is 8.09. The second-order valence-electron chi connectivity index (χ2n) is 2.63. The van der Waals surface area contributed by atoms with Gasteiger partial charge in [-0.1, -0.05) is 20.8 Å². The fraction of sp³-hybridized carbons (Fsp3) is 1.00. The van der Waals surface area contributed by atoms with Gasteiger partial charge in [0.25, 0.3) is 5.85 Å². The van der Waals surface area contributed by atoms with E-state index in [0.29, 0.717) is 0 Å². The Morgan fingerprint density at radius 1 is 1.25 bits per heavy atom. The zero-order valence-electron chi connectivity index (χ0n) is 5.11. The van der Waals surface area contributed by atoms with Gasteiger partial charge >= 0.3 is 0 Å². The van der Waals surface area contributed by atoms with Crippen LogP contribution in [0.25, 0.3) is 0 Å². The molecule has 0 aromatic heterocycles. The van der Waals surface area contributed by atoms with Gasteiger partial charge < -0.3 is 0 Å². The van der Waals surface area contributed by atoms with Gasteiger partial charge in [-0.25, -0.2) is 0 Å². The molecular formula is C4H9Cl2OP. The zero-order chi connectivity index (χ0) is 7.00. The largest absolute Gasteiger partial charge is 0.289 e. The molecule has 0 fully saturated rings. The minimum atomic E-state index is -2.91. The van der Waals surface area contributed by atoms with E-state index in [2.05, 4.69) is 0 Å². The third-order valence-corrected chi connectivity index (χ3v) is 5.39. The van der Waals surface area contributed by atoms with E-state index in [9.17, 15) is 4.57 Å². The van der Waals surface area contributed by atoms with Gasteiger partial charge in [0.1, 0.15) is 0 Å². The second-order valence-corrected chi connectivity index (χ2v) is 8.27. The van der Waals surface area contributed by atoms with Crippen LogP contribution in [0.15, 0.2) is 0 Å². The lowest BCUT2D eigenvalue weighted by molar-refractivity contribution is 0.571. The molecule has 0 spiro atoms. The molecule has 0 saturated carbocycles. The van der Waals surface area contributed by atoms with Crippen LogP contribution in [0.1, 0.15) is 20.8 Å². The van der Waals surface area contributed by atoms with Crippen molar-refractivity contribution in [2.45, 2.75) is 25.9 Å². The van der Waals surface area contributed by atoms with E-state index in [1.807, 2.05) is 0 Å². The van der Waals surface area contributed by atoms with Gasteiger partial charge in [-0.2, -0.15) is 0 Å². The molecule has 0 rings (SSSR count). The van der Waals surface area contributed by atoms with E-state index < -0.39 is 11.0 Å². The van der Waals surface area contributed by atoms with Crippen LogP contribution in [-0.4, -0.2) is 5.16 Å². The highest BCUT2D eigenvalue weighted by Crippen LogP contribution is 2.66. The van der Waals surface area contributed by atoms with Gasteiger partial charge in [0, 0.05) is 5.16 Å². The summed E-state index contributed by atoms with van der Waals surface area (Å²) >= 11 is 10.7. The van der Waals surface area contributed by atoms with Crippen LogP contribution in [0, 0.1) is 0 Å². The van der Waals surface area contributed by atoms with E-state index in [1.54, 1.807) is 20.8 Å². The summed E-state index contributed by atoms with van der Waals surface area (Å²) in [5, 5.41) is -0.476. The minimum Gasteiger partial charge on any atom is -0.289 e. The molecule has 0 atom stereocenters. The summed E-state index contributed by atoms with van der Waals surface area (Å²) in [6, 6.07) is 0. The fourth-order valence-electron chi connectivity index (χ4n) is 0. The summed E-state index contributed by atoms with van der Waals surface area (Å²) in [5.74, 6) is -2.91. The standard InChI is InChI=1S/C4H9Cl2OP/c1-4(2,3)8(5,6)7/h1-3H3. The van der Waals surface area contributed by atoms with Gasteiger partial charge in [-0.15, -0.1) is 0 Å². The molecule has 0 amide bonds. The molecule has 4 heteroatoms. The maximum Gasteiger partial charge on any atom is 0.258 e. The minimum absolute atomic E-state index is 0.476. The molecule has 0 aliphatic heterocycles. The molecule has 0 aliphatic carbocycles. The van der Waals surface area contributed by atoms with Crippen molar-refractivity contribution in [2.24, 2.45) is 0 Å². The van der Waals surface area contributed by atoms with E-state index >= 15 is 0 Å². The molecule has 0 bridgehead atoms. The summed E-state index contributed by atoms with van der Waals surface area (Å²) in [7, 11) is 0. The monoisotopic (exact) mass is 174 g/mol. The molecule has 0 aromatic rings. The van der Waals surface area contributed by atoms with Crippen molar-refractivity contribution in [1.82, 2.24) is 0 Å². The Labute approximate surface area is 59.3 Å². The second kappa shape index (κ2) is 2.21. The van der Waals surface area contributed by atoms with Crippen molar-refractivity contribution in [2.75, 3.05) is 0 Å². The van der Waals surface area contributed by atoms with Crippen LogP contribution < -0.4 is 0 Å². The first-order valence-electron chi connectivity index (χ1n) is 2.24. The average molecular weight is 175 g/mol. The summed E-state index contributed by atoms with van der Waals surface area (Å²) in [6.07, 6.45) is 0. The van der Waals surface area contributed by atoms with Crippen molar-refractivity contribution >= 4 is 28.3 Å². The third-order valence-electron chi connectivity index (χ3n) is 0.781. The smallest absolute Gasteiger partial charge is 0.258 e. The maximum absolute atomic E-state index is 10.8. The van der Waals surface area contributed by atoms with Crippen molar-refractivity contribution in [3.63, 3.8) is 0 Å². The first-order valence-corrected chi connectivity index (χ1v) is 5.76. The van der Waals surface area contributed by atoms with Crippen molar-refractivity contribution in [3.05, 3.63) is 0 Å². The maximum atomic E-state index is 10.8. The van der Waals surface area contributed by atoms with Crippen molar-refractivity contribution < 1.29 is 4.57 Å². The topological polar surface area (TPSA) is 17.1 Å². The highest BCUT2D eigenvalue weighted by atomic mass is 35.9. The SMILES string of the molecule is CC(C)(C)P(=O)(Cl)Cl. The molecule has 8 heavy (non-hydrogen) atoms.